The second-order valence-electron chi connectivity index (χ2n) is 9.53. The van der Waals surface area contributed by atoms with E-state index in [0.717, 1.165) is 60.3 Å². The number of hydrogen-bond acceptors (Lipinski definition) is 6. The fourth-order valence-corrected chi connectivity index (χ4v) is 4.90. The molecule has 2 aromatic carbocycles. The van der Waals surface area contributed by atoms with Crippen LogP contribution >= 0.6 is 0 Å². The summed E-state index contributed by atoms with van der Waals surface area (Å²) in [5, 5.41) is 13.5. The van der Waals surface area contributed by atoms with E-state index in [4.69, 9.17) is 4.74 Å². The van der Waals surface area contributed by atoms with Gasteiger partial charge in [-0.1, -0.05) is 42.0 Å². The lowest BCUT2D eigenvalue weighted by atomic mass is 10.0. The summed E-state index contributed by atoms with van der Waals surface area (Å²) in [4.78, 5) is 18.4. The second-order valence-corrected chi connectivity index (χ2v) is 9.53. The molecule has 0 spiro atoms. The van der Waals surface area contributed by atoms with Crippen LogP contribution in [0.5, 0.6) is 0 Å². The number of nitrogens with one attached hydrogen (secondary N) is 1. The van der Waals surface area contributed by atoms with E-state index in [1.165, 1.54) is 11.1 Å². The Morgan fingerprint density at radius 3 is 2.80 bits per heavy atom. The van der Waals surface area contributed by atoms with Crippen molar-refractivity contribution < 1.29 is 4.74 Å². The number of pyridine rings is 1. The summed E-state index contributed by atoms with van der Waals surface area (Å²) in [5.41, 5.74) is 5.12. The molecule has 4 aromatic rings. The summed E-state index contributed by atoms with van der Waals surface area (Å²) in [6.45, 7) is 7.41. The number of hydrogen-bond donors (Lipinski definition) is 1. The summed E-state index contributed by atoms with van der Waals surface area (Å²) in [6.07, 6.45) is 3.14. The van der Waals surface area contributed by atoms with Gasteiger partial charge in [0, 0.05) is 25.3 Å². The average molecular weight is 473 g/mol. The number of nitrogens with zero attached hydrogens (tertiary/aromatic N) is 5. The number of tetrazole rings is 1. The molecule has 0 bridgehead atoms. The van der Waals surface area contributed by atoms with Crippen molar-refractivity contribution in [3.8, 4) is 0 Å². The third-order valence-electron chi connectivity index (χ3n) is 6.70. The maximum Gasteiger partial charge on any atom is 0.252 e. The number of fused-ring (bicyclic) bond motifs is 1. The highest BCUT2D eigenvalue weighted by atomic mass is 16.5. The lowest BCUT2D eigenvalue weighted by molar-refractivity contribution is 0.0916. The smallest absolute Gasteiger partial charge is 0.252 e. The van der Waals surface area contributed by atoms with E-state index in [1.54, 1.807) is 0 Å². The lowest BCUT2D eigenvalue weighted by Crippen LogP contribution is -2.30. The topological polar surface area (TPSA) is 88.9 Å². The molecule has 8 nitrogen and oxygen atoms in total. The summed E-state index contributed by atoms with van der Waals surface area (Å²) >= 11 is 0. The maximum atomic E-state index is 13.0. The Morgan fingerprint density at radius 1 is 1.14 bits per heavy atom. The van der Waals surface area contributed by atoms with E-state index in [-0.39, 0.29) is 11.7 Å². The van der Waals surface area contributed by atoms with Gasteiger partial charge in [-0.05, 0) is 72.2 Å². The van der Waals surface area contributed by atoms with Gasteiger partial charge in [0.15, 0.2) is 5.82 Å². The Kier molecular flexibility index (Phi) is 7.01. The van der Waals surface area contributed by atoms with Gasteiger partial charge in [-0.25, -0.2) is 4.68 Å². The Morgan fingerprint density at radius 2 is 2.00 bits per heavy atom. The monoisotopic (exact) mass is 472 g/mol. The molecule has 5 rings (SSSR count). The lowest BCUT2D eigenvalue weighted by Gasteiger charge is -2.22. The van der Waals surface area contributed by atoms with E-state index in [0.29, 0.717) is 19.6 Å². The van der Waals surface area contributed by atoms with E-state index >= 15 is 0 Å². The molecule has 1 unspecified atom stereocenters. The molecule has 0 amide bonds. The van der Waals surface area contributed by atoms with Gasteiger partial charge in [0.25, 0.3) is 5.56 Å². The van der Waals surface area contributed by atoms with E-state index < -0.39 is 0 Å². The highest BCUT2D eigenvalue weighted by Crippen LogP contribution is 2.19. The average Bonchev–Trinajstić information content (AvgIpc) is 3.52. The molecule has 1 saturated heterocycles. The van der Waals surface area contributed by atoms with Crippen molar-refractivity contribution in [1.29, 1.82) is 0 Å². The number of ether oxygens (including phenoxy) is 1. The van der Waals surface area contributed by atoms with Crippen molar-refractivity contribution in [1.82, 2.24) is 30.1 Å². The Hall–Kier alpha value is -3.36. The fourth-order valence-electron chi connectivity index (χ4n) is 4.90. The molecule has 8 heteroatoms. The highest BCUT2D eigenvalue weighted by molar-refractivity contribution is 5.82. The minimum Gasteiger partial charge on any atom is -0.376 e. The quantitative estimate of drug-likeness (QED) is 0.401. The van der Waals surface area contributed by atoms with Gasteiger partial charge in [-0.15, -0.1) is 5.10 Å². The molecule has 0 radical (unpaired) electrons. The van der Waals surface area contributed by atoms with Gasteiger partial charge in [0.2, 0.25) is 0 Å². The number of aryl methyl sites for hydroxylation is 2. The Balaban J connectivity index is 1.40. The van der Waals surface area contributed by atoms with Gasteiger partial charge in [0.05, 0.1) is 24.7 Å². The Bertz CT molecular complexity index is 1340. The van der Waals surface area contributed by atoms with Crippen LogP contribution in [-0.4, -0.2) is 49.3 Å². The maximum absolute atomic E-state index is 13.0. The molecule has 1 aliphatic heterocycles. The van der Waals surface area contributed by atoms with E-state index in [2.05, 4.69) is 68.7 Å². The van der Waals surface area contributed by atoms with Gasteiger partial charge in [-0.2, -0.15) is 0 Å². The van der Waals surface area contributed by atoms with Crippen LogP contribution in [-0.2, 0) is 30.8 Å². The molecule has 1 fully saturated rings. The molecule has 3 heterocycles. The van der Waals surface area contributed by atoms with Crippen LogP contribution in [0.2, 0.25) is 0 Å². The summed E-state index contributed by atoms with van der Waals surface area (Å²) < 4.78 is 7.64. The van der Waals surface area contributed by atoms with Crippen molar-refractivity contribution >= 4 is 10.9 Å². The predicted octanol–water partition coefficient (Wildman–Crippen LogP) is 3.56. The molecular formula is C27H32N6O2. The summed E-state index contributed by atoms with van der Waals surface area (Å²) in [7, 11) is 0. The zero-order valence-corrected chi connectivity index (χ0v) is 20.4. The largest absolute Gasteiger partial charge is 0.376 e. The number of aromatic nitrogens is 5. The number of rotatable bonds is 9. The Labute approximate surface area is 204 Å². The minimum absolute atomic E-state index is 0.0480. The van der Waals surface area contributed by atoms with Crippen LogP contribution in [0.15, 0.2) is 53.3 Å². The molecule has 1 N–H and O–H groups in total. The fraction of sp³-hybridized carbons (Fsp3) is 0.407. The first-order chi connectivity index (χ1) is 17.0. The van der Waals surface area contributed by atoms with Gasteiger partial charge in [0.1, 0.15) is 0 Å². The van der Waals surface area contributed by atoms with Crippen LogP contribution in [0.4, 0.5) is 0 Å². The summed E-state index contributed by atoms with van der Waals surface area (Å²) in [5.74, 6) is 0.789. The molecular weight excluding hydrogens is 440 g/mol. The SMILES string of the molecule is Cc1cc(C)c2[nH]c(=O)c(CN(CCc3ccccc3)Cc3nnnn3CC3CCCO3)cc2c1. The first-order valence-corrected chi connectivity index (χ1v) is 12.3. The van der Waals surface area contributed by atoms with Crippen LogP contribution in [0.3, 0.4) is 0 Å². The first-order valence-electron chi connectivity index (χ1n) is 12.3. The number of benzene rings is 2. The van der Waals surface area contributed by atoms with Gasteiger partial charge >= 0.3 is 0 Å². The number of aromatic amines is 1. The van der Waals surface area contributed by atoms with Crippen molar-refractivity contribution in [2.45, 2.75) is 58.8 Å². The van der Waals surface area contributed by atoms with Crippen molar-refractivity contribution in [3.63, 3.8) is 0 Å². The zero-order valence-electron chi connectivity index (χ0n) is 20.4. The number of H-pyrrole nitrogens is 1. The van der Waals surface area contributed by atoms with Crippen molar-refractivity contribution in [2.75, 3.05) is 13.2 Å². The van der Waals surface area contributed by atoms with Crippen molar-refractivity contribution in [2.24, 2.45) is 0 Å². The molecule has 1 aliphatic rings. The van der Waals surface area contributed by atoms with Gasteiger partial charge in [-0.3, -0.25) is 9.69 Å². The van der Waals surface area contributed by atoms with Gasteiger partial charge < -0.3 is 9.72 Å². The molecule has 0 aliphatic carbocycles. The molecule has 1 atom stereocenters. The zero-order chi connectivity index (χ0) is 24.2. The third kappa shape index (κ3) is 5.66. The highest BCUT2D eigenvalue weighted by Gasteiger charge is 2.20. The van der Waals surface area contributed by atoms with E-state index in [1.807, 2.05) is 23.7 Å². The van der Waals surface area contributed by atoms with Crippen LogP contribution in [0.25, 0.3) is 10.9 Å². The third-order valence-corrected chi connectivity index (χ3v) is 6.70. The minimum atomic E-state index is -0.0480. The van der Waals surface area contributed by atoms with E-state index in [9.17, 15) is 4.79 Å². The predicted molar refractivity (Wildman–Crippen MR) is 135 cm³/mol. The standard InChI is InChI=1S/C27H32N6O2/c1-19-13-20(2)26-22(14-19)15-23(27(34)28-26)16-32(11-10-21-7-4-3-5-8-21)18-25-29-30-31-33(25)17-24-9-6-12-35-24/h3-5,7-8,13-15,24H,6,9-12,16-18H2,1-2H3,(H,28,34). The first kappa shape index (κ1) is 23.4. The normalized spacial score (nSPS) is 15.9. The summed E-state index contributed by atoms with van der Waals surface area (Å²) in [6, 6.07) is 16.7. The molecule has 2 aromatic heterocycles. The molecule has 35 heavy (non-hydrogen) atoms. The van der Waals surface area contributed by atoms with Crippen LogP contribution in [0.1, 0.15) is 40.9 Å². The molecule has 182 valence electrons. The van der Waals surface area contributed by atoms with Crippen LogP contribution in [0, 0.1) is 13.8 Å². The van der Waals surface area contributed by atoms with Crippen molar-refractivity contribution in [3.05, 3.63) is 87.0 Å². The second kappa shape index (κ2) is 10.5. The van der Waals surface area contributed by atoms with Crippen LogP contribution < -0.4 is 5.56 Å². The molecule has 0 saturated carbocycles.